The fraction of sp³-hybridized carbons (Fsp3) is 0.462. The number of benzene rings is 1. The number of carbonyl (C=O) groups is 1. The van der Waals surface area contributed by atoms with Crippen LogP contribution >= 0.6 is 7.37 Å². The molecule has 0 spiro atoms. The van der Waals surface area contributed by atoms with Gasteiger partial charge in [0.05, 0.1) is 6.61 Å². The molecule has 4 nitrogen and oxygen atoms in total. The first-order chi connectivity index (χ1) is 8.45. The van der Waals surface area contributed by atoms with Gasteiger partial charge in [-0.2, -0.15) is 0 Å². The Labute approximate surface area is 108 Å². The van der Waals surface area contributed by atoms with Crippen LogP contribution in [0.25, 0.3) is 0 Å². The van der Waals surface area contributed by atoms with E-state index in [1.165, 1.54) is 6.92 Å². The van der Waals surface area contributed by atoms with E-state index < -0.39 is 7.37 Å². The Balaban J connectivity index is 2.71. The predicted octanol–water partition coefficient (Wildman–Crippen LogP) is 2.99. The molecular weight excluding hydrogens is 249 g/mol. The van der Waals surface area contributed by atoms with E-state index in [-0.39, 0.29) is 5.91 Å². The normalized spacial score (nSPS) is 13.9. The summed E-state index contributed by atoms with van der Waals surface area (Å²) in [4.78, 5) is 10.9. The van der Waals surface area contributed by atoms with Crippen LogP contribution in [0, 0.1) is 0 Å². The van der Waals surface area contributed by atoms with E-state index in [4.69, 9.17) is 4.52 Å². The number of carbonyl (C=O) groups excluding carboxylic acids is 1. The predicted molar refractivity (Wildman–Crippen MR) is 74.8 cm³/mol. The van der Waals surface area contributed by atoms with E-state index in [0.717, 1.165) is 12.8 Å². The summed E-state index contributed by atoms with van der Waals surface area (Å²) < 4.78 is 17.8. The van der Waals surface area contributed by atoms with Gasteiger partial charge in [0, 0.05) is 24.6 Å². The summed E-state index contributed by atoms with van der Waals surface area (Å²) in [6, 6.07) is 6.93. The second-order valence-corrected chi connectivity index (χ2v) is 6.73. The van der Waals surface area contributed by atoms with Gasteiger partial charge in [-0.1, -0.05) is 13.3 Å². The third-order valence-corrected chi connectivity index (χ3v) is 4.40. The standard InChI is InChI=1S/C13H20NO3P/c1-4-5-10-17-18(3,16)13-8-6-12(7-9-13)14-11(2)15/h6-9H,4-5,10H2,1-3H3,(H,14,15). The average molecular weight is 269 g/mol. The fourth-order valence-corrected chi connectivity index (χ4v) is 2.79. The molecule has 0 heterocycles. The molecule has 0 saturated heterocycles. The van der Waals surface area contributed by atoms with E-state index in [1.807, 2.05) is 0 Å². The summed E-state index contributed by atoms with van der Waals surface area (Å²) >= 11 is 0. The minimum Gasteiger partial charge on any atom is -0.326 e. The zero-order valence-corrected chi connectivity index (χ0v) is 12.0. The van der Waals surface area contributed by atoms with E-state index in [1.54, 1.807) is 30.9 Å². The monoisotopic (exact) mass is 269 g/mol. The van der Waals surface area contributed by atoms with Crippen molar-refractivity contribution in [1.29, 1.82) is 0 Å². The van der Waals surface area contributed by atoms with Gasteiger partial charge in [-0.05, 0) is 30.7 Å². The van der Waals surface area contributed by atoms with Crippen molar-refractivity contribution in [2.45, 2.75) is 26.7 Å². The molecular formula is C13H20NO3P. The van der Waals surface area contributed by atoms with Gasteiger partial charge in [0.1, 0.15) is 0 Å². The maximum absolute atomic E-state index is 12.3. The Kier molecular flexibility index (Phi) is 5.57. The molecule has 0 saturated carbocycles. The van der Waals surface area contributed by atoms with Crippen LogP contribution < -0.4 is 10.6 Å². The van der Waals surface area contributed by atoms with E-state index in [9.17, 15) is 9.36 Å². The third kappa shape index (κ3) is 4.63. The molecule has 0 aliphatic carbocycles. The number of hydrogen-bond acceptors (Lipinski definition) is 3. The van der Waals surface area contributed by atoms with Crippen LogP contribution in [0.4, 0.5) is 5.69 Å². The van der Waals surface area contributed by atoms with Gasteiger partial charge in [0.2, 0.25) is 13.3 Å². The largest absolute Gasteiger partial charge is 0.326 e. The molecule has 0 fully saturated rings. The first kappa shape index (κ1) is 14.9. The second kappa shape index (κ2) is 6.72. The van der Waals surface area contributed by atoms with E-state index in [0.29, 0.717) is 17.6 Å². The Morgan fingerprint density at radius 3 is 2.44 bits per heavy atom. The molecule has 1 atom stereocenters. The van der Waals surface area contributed by atoms with Crippen LogP contribution in [0.2, 0.25) is 0 Å². The van der Waals surface area contributed by atoms with E-state index in [2.05, 4.69) is 12.2 Å². The summed E-state index contributed by atoms with van der Waals surface area (Å²) in [5.41, 5.74) is 0.694. The van der Waals surface area contributed by atoms with Crippen LogP contribution in [-0.2, 0) is 13.9 Å². The van der Waals surface area contributed by atoms with Crippen LogP contribution in [0.5, 0.6) is 0 Å². The van der Waals surface area contributed by atoms with Gasteiger partial charge >= 0.3 is 0 Å². The van der Waals surface area contributed by atoms with Gasteiger partial charge in [-0.15, -0.1) is 0 Å². The van der Waals surface area contributed by atoms with Crippen molar-refractivity contribution in [3.05, 3.63) is 24.3 Å². The fourth-order valence-electron chi connectivity index (χ4n) is 1.48. The number of amides is 1. The molecule has 1 amide bonds. The van der Waals surface area contributed by atoms with Crippen molar-refractivity contribution in [3.8, 4) is 0 Å². The lowest BCUT2D eigenvalue weighted by molar-refractivity contribution is -0.114. The van der Waals surface area contributed by atoms with E-state index >= 15 is 0 Å². The number of rotatable bonds is 6. The first-order valence-corrected chi connectivity index (χ1v) is 8.13. The van der Waals surface area contributed by atoms with Crippen LogP contribution in [0.1, 0.15) is 26.7 Å². The SMILES string of the molecule is CCCCOP(C)(=O)c1ccc(NC(C)=O)cc1. The minimum absolute atomic E-state index is 0.123. The second-order valence-electron chi connectivity index (χ2n) is 4.26. The summed E-state index contributed by atoms with van der Waals surface area (Å²) in [6.45, 7) is 5.65. The highest BCUT2D eigenvalue weighted by molar-refractivity contribution is 7.66. The average Bonchev–Trinajstić information content (AvgIpc) is 2.29. The zero-order valence-electron chi connectivity index (χ0n) is 11.1. The maximum atomic E-state index is 12.3. The van der Waals surface area contributed by atoms with Gasteiger partial charge in [0.25, 0.3) is 0 Å². The lowest BCUT2D eigenvalue weighted by atomic mass is 10.3. The van der Waals surface area contributed by atoms with Crippen molar-refractivity contribution in [3.63, 3.8) is 0 Å². The minimum atomic E-state index is -2.74. The molecule has 18 heavy (non-hydrogen) atoms. The highest BCUT2D eigenvalue weighted by Gasteiger charge is 2.18. The summed E-state index contributed by atoms with van der Waals surface area (Å²) in [5, 5.41) is 3.34. The van der Waals surface area contributed by atoms with Gasteiger partial charge < -0.3 is 9.84 Å². The number of unbranched alkanes of at least 4 members (excludes halogenated alkanes) is 1. The van der Waals surface area contributed by atoms with Gasteiger partial charge in [0.15, 0.2) is 0 Å². The molecule has 100 valence electrons. The Hall–Kier alpha value is -1.12. The quantitative estimate of drug-likeness (QED) is 0.638. The molecule has 1 aromatic rings. The van der Waals surface area contributed by atoms with Crippen LogP contribution in [0.15, 0.2) is 24.3 Å². The summed E-state index contributed by atoms with van der Waals surface area (Å²) in [7, 11) is -2.74. The Morgan fingerprint density at radius 2 is 1.94 bits per heavy atom. The van der Waals surface area contributed by atoms with Crippen molar-refractivity contribution in [2.75, 3.05) is 18.6 Å². The molecule has 0 aromatic heterocycles. The topological polar surface area (TPSA) is 55.4 Å². The summed E-state index contributed by atoms with van der Waals surface area (Å²) in [5.74, 6) is -0.123. The highest BCUT2D eigenvalue weighted by Crippen LogP contribution is 2.41. The molecule has 0 radical (unpaired) electrons. The van der Waals surface area contributed by atoms with Gasteiger partial charge in [-0.25, -0.2) is 0 Å². The molecule has 1 aromatic carbocycles. The number of hydrogen-bond donors (Lipinski definition) is 1. The first-order valence-electron chi connectivity index (χ1n) is 6.06. The van der Waals surface area contributed by atoms with Crippen molar-refractivity contribution < 1.29 is 13.9 Å². The summed E-state index contributed by atoms with van der Waals surface area (Å²) in [6.07, 6.45) is 1.92. The van der Waals surface area contributed by atoms with Crippen LogP contribution in [-0.4, -0.2) is 19.2 Å². The number of nitrogens with one attached hydrogen (secondary N) is 1. The smallest absolute Gasteiger partial charge is 0.229 e. The molecule has 5 heteroatoms. The molecule has 1 N–H and O–H groups in total. The zero-order chi connectivity index (χ0) is 13.6. The third-order valence-electron chi connectivity index (χ3n) is 2.49. The Bertz CT molecular complexity index is 442. The molecule has 0 aliphatic rings. The van der Waals surface area contributed by atoms with Crippen molar-refractivity contribution in [2.24, 2.45) is 0 Å². The molecule has 1 rings (SSSR count). The van der Waals surface area contributed by atoms with Crippen molar-refractivity contribution in [1.82, 2.24) is 0 Å². The molecule has 1 unspecified atom stereocenters. The highest BCUT2D eigenvalue weighted by atomic mass is 31.2. The van der Waals surface area contributed by atoms with Crippen LogP contribution in [0.3, 0.4) is 0 Å². The van der Waals surface area contributed by atoms with Gasteiger partial charge in [-0.3, -0.25) is 9.36 Å². The molecule has 0 aliphatic heterocycles. The maximum Gasteiger partial charge on any atom is 0.229 e. The lowest BCUT2D eigenvalue weighted by Crippen LogP contribution is -2.10. The molecule has 0 bridgehead atoms. The Morgan fingerprint density at radius 1 is 1.33 bits per heavy atom. The van der Waals surface area contributed by atoms with Crippen molar-refractivity contribution >= 4 is 24.3 Å². The number of anilines is 1. The lowest BCUT2D eigenvalue weighted by Gasteiger charge is -2.14.